The van der Waals surface area contributed by atoms with Crippen molar-refractivity contribution < 1.29 is 27.9 Å². The number of benzene rings is 18. The number of ether oxygens (including phenoxy) is 2. The van der Waals surface area contributed by atoms with Gasteiger partial charge in [-0.1, -0.05) is 0 Å². The quantitative estimate of drug-likeness (QED) is 0.0730. The minimum absolute atomic E-state index is 0.130. The van der Waals surface area contributed by atoms with E-state index in [1.54, 1.807) is 53.9 Å². The Hall–Kier alpha value is -7.80. The van der Waals surface area contributed by atoms with Gasteiger partial charge in [-0.05, 0) is 341 Å². The van der Waals surface area contributed by atoms with Crippen LogP contribution in [-0.4, -0.2) is 43.7 Å². The summed E-state index contributed by atoms with van der Waals surface area (Å²) in [5, 5.41) is 77.3. The van der Waals surface area contributed by atoms with Crippen molar-refractivity contribution in [3.63, 3.8) is 0 Å². The molecule has 28 aromatic rings. The Labute approximate surface area is 428 Å². The molecule has 0 unspecified atom stereocenters. The van der Waals surface area contributed by atoms with Crippen molar-refractivity contribution in [2.45, 2.75) is 50.0 Å². The van der Waals surface area contributed by atoms with E-state index in [1.807, 2.05) is 27.7 Å². The summed E-state index contributed by atoms with van der Waals surface area (Å²) in [6.07, 6.45) is -1.30. The van der Waals surface area contributed by atoms with Crippen LogP contribution >= 0.6 is 7.60 Å². The van der Waals surface area contributed by atoms with Crippen molar-refractivity contribution in [2.75, 3.05) is 26.4 Å². The van der Waals surface area contributed by atoms with Gasteiger partial charge in [0.1, 0.15) is 0 Å². The first-order chi connectivity index (χ1) is 38.5. The van der Waals surface area contributed by atoms with Crippen LogP contribution in [0.5, 0.6) is 0 Å². The third-order valence-corrected chi connectivity index (χ3v) is 29.5. The van der Waals surface area contributed by atoms with Crippen LogP contribution in [-0.2, 0) is 38.7 Å². The predicted molar refractivity (Wildman–Crippen MR) is 320 cm³/mol. The van der Waals surface area contributed by atoms with Gasteiger partial charge in [0.15, 0.2) is 5.16 Å². The number of rotatable bonds is 11. The van der Waals surface area contributed by atoms with Crippen molar-refractivity contribution >= 4 is 304 Å². The third kappa shape index (κ3) is 1.80. The molecule has 33 rings (SSSR count). The van der Waals surface area contributed by atoms with Gasteiger partial charge >= 0.3 is 7.60 Å². The van der Waals surface area contributed by atoms with Crippen LogP contribution in [0.2, 0.25) is 0 Å². The Bertz CT molecular complexity index is 6960. The smallest absolute Gasteiger partial charge is 0.346 e. The molecule has 0 amide bonds. The van der Waals surface area contributed by atoms with Crippen molar-refractivity contribution in [3.8, 4) is 0 Å². The van der Waals surface area contributed by atoms with Gasteiger partial charge in [-0.15, -0.1) is 0 Å². The second kappa shape index (κ2) is 7.72. The van der Waals surface area contributed by atoms with Crippen LogP contribution in [0.1, 0.15) is 49.9 Å². The normalized spacial score (nSPS) is 23.4. The molecule has 0 saturated heterocycles. The van der Waals surface area contributed by atoms with E-state index in [2.05, 4.69) is 0 Å². The van der Waals surface area contributed by atoms with Crippen LogP contribution in [0.3, 0.4) is 0 Å². The molecule has 5 aliphatic carbocycles. The van der Waals surface area contributed by atoms with Gasteiger partial charge in [0, 0.05) is 13.2 Å². The molecule has 7 heteroatoms. The molecule has 5 aliphatic rings. The van der Waals surface area contributed by atoms with Gasteiger partial charge in [-0.25, -0.2) is 0 Å². The van der Waals surface area contributed by atoms with Crippen LogP contribution in [0.25, 0.3) is 291 Å². The first kappa shape index (κ1) is 32.8. The highest BCUT2D eigenvalue weighted by atomic mass is 31.2. The maximum atomic E-state index is 18.2. The predicted octanol–water partition coefficient (Wildman–Crippen LogP) is 18.3. The van der Waals surface area contributed by atoms with Crippen molar-refractivity contribution in [2.24, 2.45) is 0 Å². The standard InChI is InChI=1S/C71H21O6P/c1-5-74-68(75-6-2)67(72)71(78(73,76-7-3)77-8-4)69-63-55-47-37-27-19-11-9-10-13-17-15(11)23-31-25(17)35-29-21(13)22-14(10)18-16-12(9)20(19)28-34-24(16)32-26(18)36-30(22)40-39(29)49-43(35)53-45(31)51(41(47)33(23)27)59(63)61(53)65-57(49)58-50(40)44(36)54-46(32)52-42(34)48(38(28)37)56(55)64(69)60(52)62(54)66(58)70(65,69)71/h68H,5-8H2,1-4H3. The molecule has 0 radical (unpaired) electrons. The number of hydrogen-bond donors (Lipinski definition) is 0. The SMILES string of the molecule is CCOC(OCC)C(=O)C1(P(=O)(OCC)OCC)C23c4c5c6c7c8c9c(c%10c%11c2c2c4c4c%12c5c5c6c6c8c8c%13c9c9c%10c%10c%11c%11c2c2c4c4c%12c%12c5c5c6c8c6c8c%13c9c9c%10c%10c%11c2c2c4c4c%12c5c6c5c8c9c%10c2c45)C731. The molecule has 346 valence electrons. The lowest BCUT2D eigenvalue weighted by Crippen LogP contribution is -2.45. The molecule has 2 spiro atoms. The summed E-state index contributed by atoms with van der Waals surface area (Å²) < 4.78 is 45.9. The van der Waals surface area contributed by atoms with Gasteiger partial charge in [0.2, 0.25) is 12.1 Å². The zero-order chi connectivity index (χ0) is 48.3. The van der Waals surface area contributed by atoms with Gasteiger partial charge in [0.25, 0.3) is 0 Å². The van der Waals surface area contributed by atoms with E-state index in [4.69, 9.17) is 18.5 Å². The first-order valence-corrected chi connectivity index (χ1v) is 30.5. The van der Waals surface area contributed by atoms with Gasteiger partial charge in [-0.2, -0.15) is 0 Å². The number of carbonyl (C=O) groups excluding carboxylic acids is 1. The molecule has 1 fully saturated rings. The minimum Gasteiger partial charge on any atom is -0.346 e. The summed E-state index contributed by atoms with van der Waals surface area (Å²) in [6, 6.07) is 0. The molecule has 0 aromatic heterocycles. The fourth-order valence-corrected chi connectivity index (χ4v) is 29.7. The summed E-state index contributed by atoms with van der Waals surface area (Å²) in [5.41, 5.74) is 2.65. The van der Waals surface area contributed by atoms with E-state index in [-0.39, 0.29) is 32.2 Å². The van der Waals surface area contributed by atoms with Crippen LogP contribution in [0, 0.1) is 0 Å². The van der Waals surface area contributed by atoms with Crippen molar-refractivity contribution in [3.05, 3.63) is 22.3 Å². The molecular formula is C71H21O6P. The van der Waals surface area contributed by atoms with Crippen molar-refractivity contribution in [1.29, 1.82) is 0 Å². The molecular weight excluding hydrogens is 980 g/mol. The Morgan fingerprint density at radius 3 is 0.577 bits per heavy atom. The maximum Gasteiger partial charge on any atom is 0.346 e. The number of hydrogen-bond acceptors (Lipinski definition) is 6. The molecule has 0 aliphatic heterocycles. The third-order valence-electron chi connectivity index (χ3n) is 26.6. The molecule has 78 heavy (non-hydrogen) atoms. The molecule has 28 aromatic carbocycles. The average Bonchev–Trinajstić information content (AvgIpc) is 1.37. The van der Waals surface area contributed by atoms with E-state index in [0.29, 0.717) is 0 Å². The highest BCUT2D eigenvalue weighted by molar-refractivity contribution is 7.58. The summed E-state index contributed by atoms with van der Waals surface area (Å²) in [7, 11) is -4.58. The number of Topliss-reactive ketones (excluding diaryl/α,β-unsaturated/α-hetero) is 1. The van der Waals surface area contributed by atoms with E-state index in [0.717, 1.165) is 0 Å². The maximum absolute atomic E-state index is 18.2. The van der Waals surface area contributed by atoms with E-state index in [1.165, 1.54) is 259 Å². The Morgan fingerprint density at radius 1 is 0.282 bits per heavy atom. The Morgan fingerprint density at radius 2 is 0.436 bits per heavy atom. The fraction of sp³-hybridized carbons (Fsp3) is 0.169. The van der Waals surface area contributed by atoms with Crippen molar-refractivity contribution in [1.82, 2.24) is 0 Å². The zero-order valence-electron chi connectivity index (χ0n) is 41.3. The summed E-state index contributed by atoms with van der Waals surface area (Å²) in [4.78, 5) is 17.9. The lowest BCUT2D eigenvalue weighted by molar-refractivity contribution is -0.169. The monoisotopic (exact) mass is 1000 g/mol. The second-order valence-corrected chi connectivity index (χ2v) is 29.1. The van der Waals surface area contributed by atoms with E-state index >= 15 is 9.36 Å². The molecule has 0 atom stereocenters. The van der Waals surface area contributed by atoms with Crippen LogP contribution in [0.15, 0.2) is 0 Å². The average molecular weight is 1000 g/mol. The van der Waals surface area contributed by atoms with E-state index < -0.39 is 29.9 Å². The van der Waals surface area contributed by atoms with E-state index in [9.17, 15) is 0 Å². The molecule has 0 heterocycles. The Balaban J connectivity index is 1.11. The first-order valence-electron chi connectivity index (χ1n) is 29.0. The molecule has 6 nitrogen and oxygen atoms in total. The lowest BCUT2D eigenvalue weighted by atomic mass is 9.68. The molecule has 0 N–H and O–H groups in total. The fourth-order valence-electron chi connectivity index (χ4n) is 26.7. The van der Waals surface area contributed by atoms with Gasteiger partial charge in [-0.3, -0.25) is 9.36 Å². The number of carbonyl (C=O) groups is 1. The molecule has 0 bridgehead atoms. The highest BCUT2D eigenvalue weighted by Crippen LogP contribution is 3.00. The minimum atomic E-state index is -4.58. The topological polar surface area (TPSA) is 71.1 Å². The lowest BCUT2D eigenvalue weighted by Gasteiger charge is -2.32. The summed E-state index contributed by atoms with van der Waals surface area (Å²) in [6.45, 7) is 8.58. The summed E-state index contributed by atoms with van der Waals surface area (Å²) >= 11 is 0. The summed E-state index contributed by atoms with van der Waals surface area (Å²) in [5.74, 6) is -0.272. The van der Waals surface area contributed by atoms with Crippen LogP contribution < -0.4 is 0 Å². The largest absolute Gasteiger partial charge is 0.346 e. The Kier molecular flexibility index (Phi) is 3.25. The van der Waals surface area contributed by atoms with Crippen LogP contribution in [0.4, 0.5) is 0 Å². The highest BCUT2D eigenvalue weighted by Gasteiger charge is 3.03. The van der Waals surface area contributed by atoms with Gasteiger partial charge < -0.3 is 18.5 Å². The molecule has 1 saturated carbocycles. The van der Waals surface area contributed by atoms with Gasteiger partial charge in [0.05, 0.1) is 24.0 Å². The number of ketones is 1. The second-order valence-electron chi connectivity index (χ2n) is 26.9. The zero-order valence-corrected chi connectivity index (χ0v) is 42.2.